The number of anilines is 1. The van der Waals surface area contributed by atoms with Crippen LogP contribution in [0.5, 0.6) is 0 Å². The predicted octanol–water partition coefficient (Wildman–Crippen LogP) is 0.897. The number of hydrogen-bond acceptors (Lipinski definition) is 6. The average Bonchev–Trinajstić information content (AvgIpc) is 2.89. The van der Waals surface area contributed by atoms with Crippen molar-refractivity contribution in [3.05, 3.63) is 11.1 Å². The number of hydrazine groups is 1. The summed E-state index contributed by atoms with van der Waals surface area (Å²) in [6, 6.07) is 0. The first kappa shape index (κ1) is 11.8. The first-order valence-corrected chi connectivity index (χ1v) is 6.26. The van der Waals surface area contributed by atoms with Crippen LogP contribution in [0, 0.1) is 5.92 Å². The number of methoxy groups -OCH3 is 1. The third-order valence-corrected chi connectivity index (χ3v) is 3.74. The molecular weight excluding hydrogens is 224 g/mol. The van der Waals surface area contributed by atoms with E-state index in [0.29, 0.717) is 5.92 Å². The van der Waals surface area contributed by atoms with Crippen LogP contribution in [0.1, 0.15) is 11.3 Å². The van der Waals surface area contributed by atoms with Crippen molar-refractivity contribution < 1.29 is 4.74 Å². The summed E-state index contributed by atoms with van der Waals surface area (Å²) in [5.41, 5.74) is 2.57. The van der Waals surface area contributed by atoms with Crippen molar-refractivity contribution in [2.24, 2.45) is 11.8 Å². The number of nitrogens with two attached hydrogens (primary N) is 1. The molecule has 0 bridgehead atoms. The van der Waals surface area contributed by atoms with E-state index in [1.54, 1.807) is 18.4 Å². The van der Waals surface area contributed by atoms with Crippen LogP contribution in [0.4, 0.5) is 5.13 Å². The smallest absolute Gasteiger partial charge is 0.197 e. The third kappa shape index (κ3) is 2.91. The van der Waals surface area contributed by atoms with E-state index in [-0.39, 0.29) is 0 Å². The molecule has 1 unspecified atom stereocenters. The molecule has 2 rings (SSSR count). The fourth-order valence-electron chi connectivity index (χ4n) is 2.10. The topological polar surface area (TPSA) is 63.4 Å². The zero-order valence-corrected chi connectivity index (χ0v) is 10.3. The summed E-state index contributed by atoms with van der Waals surface area (Å²) in [6.45, 7) is 4.11. The minimum atomic E-state index is 0.685. The summed E-state index contributed by atoms with van der Waals surface area (Å²) in [4.78, 5) is 7.86. The fourth-order valence-corrected chi connectivity index (χ4v) is 2.86. The minimum absolute atomic E-state index is 0.685. The fraction of sp³-hybridized carbons (Fsp3) is 0.700. The number of rotatable bonds is 5. The number of likely N-dealkylation sites (tertiary alicyclic amines) is 1. The van der Waals surface area contributed by atoms with E-state index in [1.165, 1.54) is 11.3 Å². The quantitative estimate of drug-likeness (QED) is 0.593. The normalized spacial score (nSPS) is 21.5. The average molecular weight is 242 g/mol. The van der Waals surface area contributed by atoms with Crippen LogP contribution in [0.2, 0.25) is 0 Å². The number of nitrogens with one attached hydrogen (secondary N) is 1. The molecule has 16 heavy (non-hydrogen) atoms. The Hall–Kier alpha value is -0.690. The highest BCUT2D eigenvalue weighted by Gasteiger charge is 2.22. The van der Waals surface area contributed by atoms with Gasteiger partial charge in [-0.1, -0.05) is 11.3 Å². The van der Waals surface area contributed by atoms with Crippen molar-refractivity contribution in [3.8, 4) is 0 Å². The Morgan fingerprint density at radius 3 is 3.31 bits per heavy atom. The Labute approximate surface area is 99.6 Å². The Balaban J connectivity index is 1.82. The zero-order valence-electron chi connectivity index (χ0n) is 9.48. The second-order valence-electron chi connectivity index (χ2n) is 4.12. The van der Waals surface area contributed by atoms with Gasteiger partial charge in [0.2, 0.25) is 0 Å². The van der Waals surface area contributed by atoms with Gasteiger partial charge in [-0.05, 0) is 18.9 Å². The molecular formula is C10H18N4OS. The molecule has 5 nitrogen and oxygen atoms in total. The van der Waals surface area contributed by atoms with Crippen molar-refractivity contribution >= 4 is 16.5 Å². The molecule has 0 spiro atoms. The van der Waals surface area contributed by atoms with Gasteiger partial charge in [-0.3, -0.25) is 10.3 Å². The van der Waals surface area contributed by atoms with Crippen molar-refractivity contribution in [2.45, 2.75) is 13.0 Å². The van der Waals surface area contributed by atoms with Crippen LogP contribution in [-0.2, 0) is 11.3 Å². The second kappa shape index (κ2) is 5.58. The minimum Gasteiger partial charge on any atom is -0.384 e. The zero-order chi connectivity index (χ0) is 11.4. The van der Waals surface area contributed by atoms with E-state index in [4.69, 9.17) is 10.6 Å². The Morgan fingerprint density at radius 1 is 1.75 bits per heavy atom. The molecule has 0 radical (unpaired) electrons. The first-order valence-electron chi connectivity index (χ1n) is 5.44. The molecule has 1 aromatic rings. The maximum absolute atomic E-state index is 5.30. The Kier molecular flexibility index (Phi) is 4.11. The summed E-state index contributed by atoms with van der Waals surface area (Å²) < 4.78 is 5.18. The lowest BCUT2D eigenvalue weighted by molar-refractivity contribution is 0.153. The second-order valence-corrected chi connectivity index (χ2v) is 5.24. The lowest BCUT2D eigenvalue weighted by Crippen LogP contribution is -2.20. The van der Waals surface area contributed by atoms with Crippen molar-refractivity contribution in [3.63, 3.8) is 0 Å². The lowest BCUT2D eigenvalue weighted by atomic mass is 10.1. The molecule has 3 N–H and O–H groups in total. The van der Waals surface area contributed by atoms with E-state index < -0.39 is 0 Å². The van der Waals surface area contributed by atoms with Gasteiger partial charge in [-0.2, -0.15) is 0 Å². The summed E-state index contributed by atoms with van der Waals surface area (Å²) in [7, 11) is 1.77. The van der Waals surface area contributed by atoms with Gasteiger partial charge in [-0.25, -0.2) is 10.8 Å². The molecule has 1 fully saturated rings. The molecule has 0 amide bonds. The number of aromatic nitrogens is 1. The highest BCUT2D eigenvalue weighted by atomic mass is 32.1. The number of nitrogens with zero attached hydrogens (tertiary/aromatic N) is 2. The van der Waals surface area contributed by atoms with Crippen LogP contribution in [0.15, 0.2) is 6.20 Å². The maximum atomic E-state index is 5.30. The van der Waals surface area contributed by atoms with Crippen molar-refractivity contribution in [1.82, 2.24) is 9.88 Å². The summed E-state index contributed by atoms with van der Waals surface area (Å²) in [5.74, 6) is 5.99. The largest absolute Gasteiger partial charge is 0.384 e. The van der Waals surface area contributed by atoms with E-state index in [1.807, 2.05) is 6.20 Å². The van der Waals surface area contributed by atoms with Gasteiger partial charge >= 0.3 is 0 Å². The van der Waals surface area contributed by atoms with Gasteiger partial charge in [0.25, 0.3) is 0 Å². The van der Waals surface area contributed by atoms with Crippen LogP contribution in [0.25, 0.3) is 0 Å². The molecule has 1 saturated heterocycles. The lowest BCUT2D eigenvalue weighted by Gasteiger charge is -2.14. The van der Waals surface area contributed by atoms with Crippen LogP contribution >= 0.6 is 11.3 Å². The standard InChI is InChI=1S/C10H18N4OS/c1-15-7-8-2-3-14(5-8)6-9-4-12-10(13-11)16-9/h4,8H,2-3,5-7,11H2,1H3,(H,12,13). The van der Waals surface area contributed by atoms with E-state index in [2.05, 4.69) is 15.3 Å². The Bertz CT molecular complexity index is 330. The first-order chi connectivity index (χ1) is 7.81. The molecule has 6 heteroatoms. The maximum Gasteiger partial charge on any atom is 0.197 e. The Morgan fingerprint density at radius 2 is 2.62 bits per heavy atom. The molecule has 1 atom stereocenters. The number of ether oxygens (including phenoxy) is 1. The molecule has 0 aliphatic carbocycles. The van der Waals surface area contributed by atoms with Gasteiger partial charge in [0.05, 0.1) is 6.61 Å². The van der Waals surface area contributed by atoms with Crippen molar-refractivity contribution in [1.29, 1.82) is 0 Å². The third-order valence-electron chi connectivity index (χ3n) is 2.83. The van der Waals surface area contributed by atoms with Crippen LogP contribution in [-0.4, -0.2) is 36.7 Å². The van der Waals surface area contributed by atoms with Gasteiger partial charge in [0.1, 0.15) is 0 Å². The summed E-state index contributed by atoms with van der Waals surface area (Å²) >= 11 is 1.61. The predicted molar refractivity (Wildman–Crippen MR) is 65.2 cm³/mol. The van der Waals surface area contributed by atoms with Gasteiger partial charge in [0, 0.05) is 31.3 Å². The monoisotopic (exact) mass is 242 g/mol. The van der Waals surface area contributed by atoms with Gasteiger partial charge in [-0.15, -0.1) is 0 Å². The number of hydrogen-bond donors (Lipinski definition) is 2. The molecule has 1 aliphatic rings. The summed E-state index contributed by atoms with van der Waals surface area (Å²) in [5, 5.41) is 0.780. The van der Waals surface area contributed by atoms with Crippen molar-refractivity contribution in [2.75, 3.05) is 32.2 Å². The number of nitrogen functional groups attached to an aromatic ring is 1. The van der Waals surface area contributed by atoms with Crippen LogP contribution < -0.4 is 11.3 Å². The SMILES string of the molecule is COCC1CCN(Cc2cnc(NN)s2)C1. The molecule has 1 aromatic heterocycles. The van der Waals surface area contributed by atoms with E-state index in [9.17, 15) is 0 Å². The van der Waals surface area contributed by atoms with E-state index >= 15 is 0 Å². The van der Waals surface area contributed by atoms with E-state index in [0.717, 1.165) is 31.4 Å². The molecule has 0 saturated carbocycles. The molecule has 90 valence electrons. The number of thiazole rings is 1. The van der Waals surface area contributed by atoms with Crippen LogP contribution in [0.3, 0.4) is 0 Å². The molecule has 2 heterocycles. The molecule has 1 aliphatic heterocycles. The molecule has 0 aromatic carbocycles. The highest BCUT2D eigenvalue weighted by Crippen LogP contribution is 2.23. The summed E-state index contributed by atoms with van der Waals surface area (Å²) in [6.07, 6.45) is 3.12. The highest BCUT2D eigenvalue weighted by molar-refractivity contribution is 7.15. The van der Waals surface area contributed by atoms with Gasteiger partial charge in [0.15, 0.2) is 5.13 Å². The van der Waals surface area contributed by atoms with Gasteiger partial charge < -0.3 is 4.74 Å².